The molecule has 11 rings (SSSR count). The smallest absolute Gasteiger partial charge is 0.262 e. The summed E-state index contributed by atoms with van der Waals surface area (Å²) in [5, 5.41) is 14.1. The van der Waals surface area contributed by atoms with Gasteiger partial charge in [0, 0.05) is 119 Å². The molecule has 20 nitrogen and oxygen atoms in total. The minimum absolute atomic E-state index is 0.0868. The summed E-state index contributed by atoms with van der Waals surface area (Å²) in [6.45, 7) is 11.4. The molecule has 72 heavy (non-hydrogen) atoms. The van der Waals surface area contributed by atoms with Gasteiger partial charge in [-0.2, -0.15) is 10.1 Å². The van der Waals surface area contributed by atoms with Gasteiger partial charge in [0.25, 0.3) is 11.8 Å². The normalized spacial score (nSPS) is 20.1. The number of aromatic nitrogens is 4. The number of benzene rings is 3. The first kappa shape index (κ1) is 47.8. The first-order chi connectivity index (χ1) is 34.7. The molecule has 6 aliphatic rings. The van der Waals surface area contributed by atoms with Crippen molar-refractivity contribution in [3.63, 3.8) is 0 Å². The van der Waals surface area contributed by atoms with Crippen LogP contribution in [0.25, 0.3) is 11.1 Å². The maximum absolute atomic E-state index is 13.6. The Morgan fingerprint density at radius 3 is 2.28 bits per heavy atom. The Balaban J connectivity index is 0.724. The van der Waals surface area contributed by atoms with E-state index in [0.717, 1.165) is 92.6 Å². The number of hydrogen-bond acceptors (Lipinski definition) is 17. The molecule has 4 amide bonds. The monoisotopic (exact) mass is 1060 g/mol. The van der Waals surface area contributed by atoms with Crippen LogP contribution in [-0.2, 0) is 21.2 Å². The fourth-order valence-electron chi connectivity index (χ4n) is 10.9. The number of halogens is 1. The van der Waals surface area contributed by atoms with Crippen molar-refractivity contribution in [3.05, 3.63) is 76.7 Å². The van der Waals surface area contributed by atoms with Gasteiger partial charge < -0.3 is 39.2 Å². The first-order valence-electron chi connectivity index (χ1n) is 24.3. The number of imide groups is 2. The summed E-state index contributed by atoms with van der Waals surface area (Å²) < 4.78 is 33.8. The number of anilines is 6. The summed E-state index contributed by atoms with van der Waals surface area (Å²) >= 11 is 3.61. The molecule has 0 radical (unpaired) electrons. The van der Waals surface area contributed by atoms with Crippen LogP contribution in [-0.4, -0.2) is 162 Å². The predicted molar refractivity (Wildman–Crippen MR) is 276 cm³/mol. The third-order valence-corrected chi connectivity index (χ3v) is 16.7. The molecule has 0 spiro atoms. The molecule has 1 unspecified atom stereocenters. The van der Waals surface area contributed by atoms with Crippen molar-refractivity contribution in [1.82, 2.24) is 39.8 Å². The zero-order chi connectivity index (χ0) is 50.0. The Kier molecular flexibility index (Phi) is 12.7. The van der Waals surface area contributed by atoms with E-state index in [1.54, 1.807) is 43.5 Å². The van der Waals surface area contributed by atoms with Crippen LogP contribution in [0, 0.1) is 0 Å². The highest BCUT2D eigenvalue weighted by molar-refractivity contribution is 9.10. The Hall–Kier alpha value is -6.54. The third-order valence-electron chi connectivity index (χ3n) is 14.6. The Morgan fingerprint density at radius 1 is 0.806 bits per heavy atom. The summed E-state index contributed by atoms with van der Waals surface area (Å²) in [4.78, 5) is 71.2. The van der Waals surface area contributed by atoms with Crippen molar-refractivity contribution in [2.45, 2.75) is 43.8 Å². The second kappa shape index (κ2) is 19.1. The Labute approximate surface area is 424 Å². The number of piperazine rings is 1. The molecule has 3 N–H and O–H groups in total. The van der Waals surface area contributed by atoms with E-state index in [0.29, 0.717) is 86.6 Å². The summed E-state index contributed by atoms with van der Waals surface area (Å²) in [5.74, 6) is 0.491. The summed E-state index contributed by atoms with van der Waals surface area (Å²) in [5.41, 5.74) is 5.78. The van der Waals surface area contributed by atoms with E-state index in [-0.39, 0.29) is 12.8 Å². The lowest BCUT2D eigenvalue weighted by Gasteiger charge is -2.50. The molecule has 22 heteroatoms. The molecule has 0 bridgehead atoms. The summed E-state index contributed by atoms with van der Waals surface area (Å²) in [6, 6.07) is 13.0. The minimum Gasteiger partial charge on any atom is -0.494 e. The number of nitrogens with one attached hydrogen (secondary N) is 3. The fourth-order valence-corrected chi connectivity index (χ4v) is 12.5. The quantitative estimate of drug-likeness (QED) is 0.111. The number of rotatable bonds is 12. The summed E-state index contributed by atoms with van der Waals surface area (Å²) in [6.07, 6.45) is 7.94. The molecule has 4 saturated heterocycles. The highest BCUT2D eigenvalue weighted by Crippen LogP contribution is 2.47. The molecule has 0 aliphatic carbocycles. The Morgan fingerprint density at radius 2 is 1.56 bits per heavy atom. The average molecular weight is 1060 g/mol. The van der Waals surface area contributed by atoms with Gasteiger partial charge in [-0.05, 0) is 84.9 Å². The van der Waals surface area contributed by atoms with Crippen LogP contribution >= 0.6 is 23.1 Å². The van der Waals surface area contributed by atoms with E-state index in [1.165, 1.54) is 0 Å². The number of amides is 4. The van der Waals surface area contributed by atoms with Crippen LogP contribution in [0.5, 0.6) is 17.2 Å². The Bertz CT molecular complexity index is 3050. The highest BCUT2D eigenvalue weighted by atomic mass is 79.9. The SMILES string of the molecule is COc1cc(N2CCN(C3CCN(C4CN(c5ccc6c(c5)C(=O)N(C5CCC(=O)NC5=O)C6=O)C4)CC3)CC2)c(-c2cnn(C)c2)cc1Nc1ncc(Br)c(Nc2ccc3c(c2P(C)(C)=O)OCCO3)n1. The van der Waals surface area contributed by atoms with Crippen LogP contribution in [0.3, 0.4) is 0 Å². The van der Waals surface area contributed by atoms with E-state index in [4.69, 9.17) is 19.2 Å². The topological polar surface area (TPSA) is 209 Å². The van der Waals surface area contributed by atoms with Crippen molar-refractivity contribution in [2.75, 3.05) is 106 Å². The third kappa shape index (κ3) is 9.04. The van der Waals surface area contributed by atoms with Crippen LogP contribution in [0.15, 0.2) is 65.5 Å². The minimum atomic E-state index is -2.83. The number of methoxy groups -OCH3 is 1. The predicted octanol–water partition coefficient (Wildman–Crippen LogP) is 5.03. The number of ether oxygens (including phenoxy) is 3. The maximum Gasteiger partial charge on any atom is 0.262 e. The van der Waals surface area contributed by atoms with Crippen LogP contribution in [0.2, 0.25) is 0 Å². The van der Waals surface area contributed by atoms with E-state index < -0.39 is 36.8 Å². The molecule has 0 saturated carbocycles. The number of carbonyl (C=O) groups excluding carboxylic acids is 4. The van der Waals surface area contributed by atoms with Gasteiger partial charge in [0.2, 0.25) is 17.8 Å². The zero-order valence-corrected chi connectivity index (χ0v) is 43.0. The van der Waals surface area contributed by atoms with Crippen molar-refractivity contribution >= 4 is 86.5 Å². The van der Waals surface area contributed by atoms with E-state index in [1.807, 2.05) is 37.6 Å². The van der Waals surface area contributed by atoms with Crippen molar-refractivity contribution in [1.29, 1.82) is 0 Å². The number of aryl methyl sites for hydroxylation is 1. The molecule has 6 aliphatic heterocycles. The van der Waals surface area contributed by atoms with Gasteiger partial charge in [0.1, 0.15) is 38.0 Å². The molecule has 5 aromatic rings. The average Bonchev–Trinajstić information content (AvgIpc) is 3.90. The molecule has 376 valence electrons. The van der Waals surface area contributed by atoms with Crippen molar-refractivity contribution < 1.29 is 38.0 Å². The number of likely N-dealkylation sites (tertiary alicyclic amines) is 1. The second-order valence-corrected chi connectivity index (χ2v) is 23.5. The van der Waals surface area contributed by atoms with Gasteiger partial charge in [-0.25, -0.2) is 4.98 Å². The molecule has 2 aromatic heterocycles. The van der Waals surface area contributed by atoms with Gasteiger partial charge in [0.05, 0.1) is 45.6 Å². The lowest BCUT2D eigenvalue weighted by atomic mass is 9.97. The van der Waals surface area contributed by atoms with Gasteiger partial charge in [-0.1, -0.05) is 0 Å². The number of nitrogens with zero attached hydrogens (tertiary/aromatic N) is 9. The van der Waals surface area contributed by atoms with E-state index >= 15 is 0 Å². The van der Waals surface area contributed by atoms with Crippen LogP contribution in [0.1, 0.15) is 46.4 Å². The van der Waals surface area contributed by atoms with Crippen molar-refractivity contribution in [2.24, 2.45) is 7.05 Å². The van der Waals surface area contributed by atoms with Crippen LogP contribution in [0.4, 0.5) is 34.5 Å². The second-order valence-electron chi connectivity index (χ2n) is 19.5. The molecular formula is C50H56BrN12O8P. The number of hydrogen-bond donors (Lipinski definition) is 3. The number of piperidine rings is 2. The number of carbonyl (C=O) groups is 4. The fraction of sp³-hybridized carbons (Fsp3) is 0.420. The van der Waals surface area contributed by atoms with Crippen molar-refractivity contribution in [3.8, 4) is 28.4 Å². The highest BCUT2D eigenvalue weighted by Gasteiger charge is 2.45. The largest absolute Gasteiger partial charge is 0.494 e. The van der Waals surface area contributed by atoms with E-state index in [2.05, 4.69) is 73.7 Å². The lowest BCUT2D eigenvalue weighted by molar-refractivity contribution is -0.136. The summed E-state index contributed by atoms with van der Waals surface area (Å²) in [7, 11) is 0.735. The lowest BCUT2D eigenvalue weighted by Crippen LogP contribution is -2.62. The van der Waals surface area contributed by atoms with Gasteiger partial charge >= 0.3 is 0 Å². The number of fused-ring (bicyclic) bond motifs is 2. The molecule has 4 fully saturated rings. The molecule has 3 aromatic carbocycles. The van der Waals surface area contributed by atoms with Gasteiger partial charge in [0.15, 0.2) is 11.5 Å². The molecule has 1 atom stereocenters. The maximum atomic E-state index is 13.6. The first-order valence-corrected chi connectivity index (χ1v) is 27.7. The molecule has 8 heterocycles. The zero-order valence-electron chi connectivity index (χ0n) is 40.5. The van der Waals surface area contributed by atoms with Gasteiger partial charge in [-0.15, -0.1) is 0 Å². The molecular weight excluding hydrogens is 1010 g/mol. The van der Waals surface area contributed by atoms with E-state index in [9.17, 15) is 23.7 Å². The standard InChI is InChI=1S/C50H56BrN12O8P/c1-58-26-29(24-53-58)34-22-38(55-50-52-25-36(51)46(57-50)54-37-7-9-41-44(71-20-19-70-41)45(37)72(3,4)68)42(69-2)23-40(34)61-17-15-60(16-18-61)30-11-13-59(14-12-30)32-27-62(28-32)31-5-6-33-35(21-31)49(67)63(48(33)66)39-8-10-43(64)56-47(39)65/h5-7,9,21-26,30,32,39H,8,10-20,27-28H2,1-4H3,(H,56,64,65)(H2,52,54,55,57). The van der Waals surface area contributed by atoms with Gasteiger partial charge in [-0.3, -0.25) is 43.9 Å². The van der Waals surface area contributed by atoms with Crippen LogP contribution < -0.4 is 45.3 Å².